The van der Waals surface area contributed by atoms with Gasteiger partial charge in [-0.1, -0.05) is 110 Å². The minimum atomic E-state index is 0.105. The molecule has 57 heavy (non-hydrogen) atoms. The maximum atomic E-state index is 3.92. The number of aryl methyl sites for hydroxylation is 1. The highest BCUT2D eigenvalue weighted by molar-refractivity contribution is 7.29. The number of benzene rings is 6. The molecule has 1 N–H and O–H groups in total. The second-order valence-corrected chi connectivity index (χ2v) is 21.4. The van der Waals surface area contributed by atoms with Gasteiger partial charge in [0.1, 0.15) is 0 Å². The van der Waals surface area contributed by atoms with Crippen molar-refractivity contribution < 1.29 is 0 Å². The van der Waals surface area contributed by atoms with Crippen molar-refractivity contribution in [3.05, 3.63) is 125 Å². The van der Waals surface area contributed by atoms with Crippen molar-refractivity contribution in [3.8, 4) is 11.1 Å². The first kappa shape index (κ1) is 35.4. The summed E-state index contributed by atoms with van der Waals surface area (Å²) in [6.45, 7) is 21.9. The molecule has 3 aliphatic rings. The zero-order valence-electron chi connectivity index (χ0n) is 35.0. The predicted molar refractivity (Wildman–Crippen MR) is 249 cm³/mol. The molecule has 2 nitrogen and oxygen atoms in total. The molecule has 0 amide bonds. The summed E-state index contributed by atoms with van der Waals surface area (Å²) in [6, 6.07) is 37.8. The van der Waals surface area contributed by atoms with E-state index < -0.39 is 0 Å². The lowest BCUT2D eigenvalue weighted by Gasteiger charge is -2.43. The number of anilines is 3. The Morgan fingerprint density at radius 1 is 0.579 bits per heavy atom. The molecule has 283 valence electrons. The minimum absolute atomic E-state index is 0.105. The van der Waals surface area contributed by atoms with E-state index in [9.17, 15) is 0 Å². The molecule has 0 bridgehead atoms. The molecule has 0 fully saturated rings. The van der Waals surface area contributed by atoms with Crippen LogP contribution in [0.3, 0.4) is 0 Å². The molecule has 0 atom stereocenters. The summed E-state index contributed by atoms with van der Waals surface area (Å²) in [5.41, 5.74) is 17.9. The molecule has 8 aromatic rings. The fourth-order valence-electron chi connectivity index (χ4n) is 10.9. The molecule has 0 unspecified atom stereocenters. The Hall–Kier alpha value is -4.80. The monoisotopic (exact) mass is 759 g/mol. The van der Waals surface area contributed by atoms with Crippen molar-refractivity contribution in [2.24, 2.45) is 0 Å². The Morgan fingerprint density at radius 2 is 1.23 bits per heavy atom. The van der Waals surface area contributed by atoms with E-state index in [1.54, 1.807) is 0 Å². The highest BCUT2D eigenvalue weighted by atomic mass is 32.1. The van der Waals surface area contributed by atoms with E-state index in [0.29, 0.717) is 0 Å². The summed E-state index contributed by atoms with van der Waals surface area (Å²) in [5, 5.41) is 6.47. The number of aromatic nitrogens is 1. The Labute approximate surface area is 342 Å². The third kappa shape index (κ3) is 5.15. The number of para-hydroxylation sites is 1. The molecule has 0 spiro atoms. The van der Waals surface area contributed by atoms with Crippen LogP contribution in [0.2, 0.25) is 0 Å². The topological polar surface area (TPSA) is 19.0 Å². The molecule has 1 radical (unpaired) electrons. The van der Waals surface area contributed by atoms with Gasteiger partial charge in [-0.05, 0) is 151 Å². The van der Waals surface area contributed by atoms with Gasteiger partial charge >= 0.3 is 0 Å². The second kappa shape index (κ2) is 11.7. The average molecular weight is 760 g/mol. The van der Waals surface area contributed by atoms with Gasteiger partial charge in [0.15, 0.2) is 0 Å². The maximum absolute atomic E-state index is 3.92. The number of fused-ring (bicyclic) bond motifs is 10. The predicted octanol–water partition coefficient (Wildman–Crippen LogP) is 13.8. The van der Waals surface area contributed by atoms with Gasteiger partial charge in [-0.15, -0.1) is 11.3 Å². The van der Waals surface area contributed by atoms with Crippen LogP contribution in [-0.4, -0.2) is 12.3 Å². The van der Waals surface area contributed by atoms with E-state index in [-0.39, 0.29) is 21.7 Å². The Kier molecular flexibility index (Phi) is 7.24. The standard InChI is InChI=1S/C53H52BN2S/c1-30-23-37(35-16-12-15-34-36-25-31-13-10-11-14-32(31)26-43(36)55-47(34)35)46-44(24-30)56(33-17-18-39-40(27-33)51(4,5)20-19-50(39,2)3)48-38-28-41-42(29-45(38)57-49(48)54-46)53(8,9)22-21-52(41,6)7/h10-18,23-29,55H,19-22H2,1-9H3. The molecule has 11 rings (SSSR count). The van der Waals surface area contributed by atoms with Crippen molar-refractivity contribution in [1.29, 1.82) is 0 Å². The summed E-state index contributed by atoms with van der Waals surface area (Å²) in [5.74, 6) is 0. The van der Waals surface area contributed by atoms with Crippen molar-refractivity contribution in [2.45, 2.75) is 110 Å². The van der Waals surface area contributed by atoms with E-state index in [1.165, 1.54) is 135 Å². The molecule has 1 aliphatic heterocycles. The van der Waals surface area contributed by atoms with Crippen LogP contribution in [0.4, 0.5) is 17.1 Å². The van der Waals surface area contributed by atoms with Crippen LogP contribution in [0, 0.1) is 6.92 Å². The van der Waals surface area contributed by atoms with E-state index in [2.05, 4.69) is 177 Å². The number of hydrogen-bond donors (Lipinski definition) is 1. The van der Waals surface area contributed by atoms with Crippen LogP contribution < -0.4 is 15.1 Å². The van der Waals surface area contributed by atoms with Crippen LogP contribution in [0.5, 0.6) is 0 Å². The maximum Gasteiger partial charge on any atom is 0.211 e. The van der Waals surface area contributed by atoms with E-state index in [0.717, 1.165) is 0 Å². The largest absolute Gasteiger partial charge is 0.354 e. The smallest absolute Gasteiger partial charge is 0.211 e. The highest BCUT2D eigenvalue weighted by Crippen LogP contribution is 2.53. The molecular formula is C53H52BN2S. The number of aromatic amines is 1. The molecule has 3 heterocycles. The van der Waals surface area contributed by atoms with Gasteiger partial charge in [0.25, 0.3) is 0 Å². The first-order valence-electron chi connectivity index (χ1n) is 21.1. The average Bonchev–Trinajstić information content (AvgIpc) is 3.73. The van der Waals surface area contributed by atoms with Crippen LogP contribution in [-0.2, 0) is 21.7 Å². The van der Waals surface area contributed by atoms with Crippen LogP contribution in [0.1, 0.15) is 109 Å². The number of hydrogen-bond acceptors (Lipinski definition) is 2. The quantitative estimate of drug-likeness (QED) is 0.174. The number of nitrogens with zero attached hydrogens (tertiary/aromatic N) is 1. The third-order valence-corrected chi connectivity index (χ3v) is 15.7. The van der Waals surface area contributed by atoms with Gasteiger partial charge in [0, 0.05) is 43.3 Å². The number of H-pyrrole nitrogens is 1. The first-order chi connectivity index (χ1) is 27.1. The summed E-state index contributed by atoms with van der Waals surface area (Å²) in [6.07, 6.45) is 4.82. The summed E-state index contributed by atoms with van der Waals surface area (Å²) in [4.78, 5) is 6.58. The molecule has 2 aliphatic carbocycles. The van der Waals surface area contributed by atoms with Crippen LogP contribution in [0.15, 0.2) is 97.1 Å². The zero-order valence-corrected chi connectivity index (χ0v) is 35.8. The van der Waals surface area contributed by atoms with E-state index >= 15 is 0 Å². The molecule has 2 aromatic heterocycles. The van der Waals surface area contributed by atoms with Gasteiger partial charge in [-0.3, -0.25) is 0 Å². The third-order valence-electron chi connectivity index (χ3n) is 14.6. The number of rotatable bonds is 2. The summed E-state index contributed by atoms with van der Waals surface area (Å²) < 4.78 is 2.73. The Bertz CT molecular complexity index is 3020. The zero-order chi connectivity index (χ0) is 39.4. The summed E-state index contributed by atoms with van der Waals surface area (Å²) in [7, 11) is 2.52. The van der Waals surface area contributed by atoms with Gasteiger partial charge in [-0.25, -0.2) is 0 Å². The lowest BCUT2D eigenvalue weighted by Crippen LogP contribution is -2.40. The number of thiophene rings is 1. The number of nitrogens with one attached hydrogen (secondary N) is 1. The van der Waals surface area contributed by atoms with Gasteiger partial charge < -0.3 is 9.88 Å². The van der Waals surface area contributed by atoms with Gasteiger partial charge in [0.05, 0.1) is 11.2 Å². The molecule has 6 aromatic carbocycles. The van der Waals surface area contributed by atoms with Crippen molar-refractivity contribution in [1.82, 2.24) is 4.98 Å². The molecule has 4 heteroatoms. The fourth-order valence-corrected chi connectivity index (χ4v) is 12.1. The normalized spacial score (nSPS) is 18.6. The van der Waals surface area contributed by atoms with Crippen LogP contribution in [0.25, 0.3) is 53.8 Å². The first-order valence-corrected chi connectivity index (χ1v) is 21.9. The minimum Gasteiger partial charge on any atom is -0.354 e. The fraction of sp³-hybridized carbons (Fsp3) is 0.321. The van der Waals surface area contributed by atoms with Crippen molar-refractivity contribution in [2.75, 3.05) is 4.90 Å². The second-order valence-electron chi connectivity index (χ2n) is 20.3. The van der Waals surface area contributed by atoms with Crippen LogP contribution >= 0.6 is 11.3 Å². The molecule has 0 saturated heterocycles. The lowest BCUT2D eigenvalue weighted by molar-refractivity contribution is 0.332. The van der Waals surface area contributed by atoms with Crippen molar-refractivity contribution >= 4 is 88.6 Å². The van der Waals surface area contributed by atoms with Crippen molar-refractivity contribution in [3.63, 3.8) is 0 Å². The van der Waals surface area contributed by atoms with E-state index in [1.807, 2.05) is 11.3 Å². The highest BCUT2D eigenvalue weighted by Gasteiger charge is 2.41. The lowest BCUT2D eigenvalue weighted by atomic mass is 9.61. The van der Waals surface area contributed by atoms with Gasteiger partial charge in [-0.2, -0.15) is 0 Å². The SMILES string of the molecule is Cc1cc(-c2cccc3c2[nH]c2cc4ccccc4cc23)c2c(c1)N(c1ccc3c(c1)C(C)(C)CCC3(C)C)c1c(sc3cc4c(cc13)C(C)(C)CCC4(C)C)[B]2. The Balaban J connectivity index is 1.19. The van der Waals surface area contributed by atoms with Gasteiger partial charge in [0.2, 0.25) is 7.28 Å². The molecular weight excluding hydrogens is 707 g/mol. The summed E-state index contributed by atoms with van der Waals surface area (Å²) >= 11 is 1.98. The Morgan fingerprint density at radius 3 is 1.95 bits per heavy atom. The molecule has 0 saturated carbocycles. The van der Waals surface area contributed by atoms with E-state index in [4.69, 9.17) is 0 Å².